The Morgan fingerprint density at radius 3 is 2.32 bits per heavy atom. The fraction of sp³-hybridized carbons (Fsp3) is 0.150. The second kappa shape index (κ2) is 6.43. The summed E-state index contributed by atoms with van der Waals surface area (Å²) in [5.41, 5.74) is 3.17. The van der Waals surface area contributed by atoms with Gasteiger partial charge in [-0.2, -0.15) is 4.31 Å². The molecule has 25 heavy (non-hydrogen) atoms. The third-order valence-electron chi connectivity index (χ3n) is 4.61. The van der Waals surface area contributed by atoms with Crippen molar-refractivity contribution in [3.63, 3.8) is 0 Å². The lowest BCUT2D eigenvalue weighted by Gasteiger charge is -2.36. The second-order valence-electron chi connectivity index (χ2n) is 6.06. The topological polar surface area (TPSA) is 50.3 Å². The van der Waals surface area contributed by atoms with Crippen molar-refractivity contribution in [3.8, 4) is 0 Å². The molecule has 4 nitrogen and oxygen atoms in total. The standard InChI is InChI=1S/C20H18N2O2S/c23-25(24,18-7-2-1-3-8-18)22-15-12-16-6-4-5-9-19(16)20(22)17-10-13-21-14-11-17/h1-11,13-14,20H,12,15H2. The van der Waals surface area contributed by atoms with Crippen LogP contribution in [0.3, 0.4) is 0 Å². The van der Waals surface area contributed by atoms with Gasteiger partial charge in [0.2, 0.25) is 10.0 Å². The summed E-state index contributed by atoms with van der Waals surface area (Å²) in [5.74, 6) is 0. The second-order valence-corrected chi connectivity index (χ2v) is 7.95. The Morgan fingerprint density at radius 2 is 1.56 bits per heavy atom. The van der Waals surface area contributed by atoms with Crippen molar-refractivity contribution in [2.75, 3.05) is 6.54 Å². The lowest BCUT2D eigenvalue weighted by atomic mass is 9.90. The lowest BCUT2D eigenvalue weighted by Crippen LogP contribution is -2.40. The summed E-state index contributed by atoms with van der Waals surface area (Å²) in [6, 6.07) is 20.2. The van der Waals surface area contributed by atoms with E-state index in [1.807, 2.05) is 36.4 Å². The zero-order chi connectivity index (χ0) is 17.3. The predicted octanol–water partition coefficient (Wildman–Crippen LogP) is 3.42. The van der Waals surface area contributed by atoms with Gasteiger partial charge in [0, 0.05) is 18.9 Å². The van der Waals surface area contributed by atoms with Crippen molar-refractivity contribution < 1.29 is 8.42 Å². The molecule has 1 atom stereocenters. The van der Waals surface area contributed by atoms with Gasteiger partial charge in [-0.3, -0.25) is 4.98 Å². The van der Waals surface area contributed by atoms with Crippen LogP contribution in [0.5, 0.6) is 0 Å². The van der Waals surface area contributed by atoms with Gasteiger partial charge in [-0.15, -0.1) is 0 Å². The maximum atomic E-state index is 13.3. The summed E-state index contributed by atoms with van der Waals surface area (Å²) in [5, 5.41) is 0. The third kappa shape index (κ3) is 2.86. The fourth-order valence-electron chi connectivity index (χ4n) is 3.42. The van der Waals surface area contributed by atoms with Crippen LogP contribution in [-0.4, -0.2) is 24.3 Å². The summed E-state index contributed by atoms with van der Waals surface area (Å²) >= 11 is 0. The Balaban J connectivity index is 1.88. The van der Waals surface area contributed by atoms with Gasteiger partial charge in [0.1, 0.15) is 0 Å². The van der Waals surface area contributed by atoms with Gasteiger partial charge >= 0.3 is 0 Å². The van der Waals surface area contributed by atoms with Gasteiger partial charge in [0.15, 0.2) is 0 Å². The molecule has 1 aromatic heterocycles. The first kappa shape index (κ1) is 16.0. The first-order valence-corrected chi connectivity index (χ1v) is 9.66. The maximum absolute atomic E-state index is 13.3. The highest BCUT2D eigenvalue weighted by Gasteiger charge is 2.37. The van der Waals surface area contributed by atoms with Gasteiger partial charge in [0.05, 0.1) is 10.9 Å². The van der Waals surface area contributed by atoms with E-state index in [1.165, 1.54) is 5.56 Å². The van der Waals surface area contributed by atoms with Crippen LogP contribution in [0.1, 0.15) is 22.7 Å². The van der Waals surface area contributed by atoms with Gasteiger partial charge in [0.25, 0.3) is 0 Å². The molecule has 126 valence electrons. The Hall–Kier alpha value is -2.50. The third-order valence-corrected chi connectivity index (χ3v) is 6.49. The highest BCUT2D eigenvalue weighted by Crippen LogP contribution is 2.38. The van der Waals surface area contributed by atoms with Crippen molar-refractivity contribution in [2.45, 2.75) is 17.4 Å². The van der Waals surface area contributed by atoms with E-state index >= 15 is 0 Å². The molecular formula is C20H18N2O2S. The van der Waals surface area contributed by atoms with Gasteiger partial charge in [-0.1, -0.05) is 42.5 Å². The average molecular weight is 350 g/mol. The molecule has 1 aliphatic rings. The van der Waals surface area contributed by atoms with E-state index in [2.05, 4.69) is 11.1 Å². The zero-order valence-electron chi connectivity index (χ0n) is 13.6. The van der Waals surface area contributed by atoms with Crippen LogP contribution in [0, 0.1) is 0 Å². The average Bonchev–Trinajstić information content (AvgIpc) is 2.68. The molecular weight excluding hydrogens is 332 g/mol. The molecule has 0 fully saturated rings. The van der Waals surface area contributed by atoms with E-state index in [0.29, 0.717) is 17.9 Å². The summed E-state index contributed by atoms with van der Waals surface area (Å²) < 4.78 is 28.2. The molecule has 0 saturated heterocycles. The minimum Gasteiger partial charge on any atom is -0.265 e. The molecule has 0 amide bonds. The van der Waals surface area contributed by atoms with Gasteiger partial charge in [-0.05, 0) is 47.4 Å². The lowest BCUT2D eigenvalue weighted by molar-refractivity contribution is 0.344. The molecule has 3 aromatic rings. The smallest absolute Gasteiger partial charge is 0.243 e. The van der Waals surface area contributed by atoms with E-state index in [-0.39, 0.29) is 6.04 Å². The molecule has 2 heterocycles. The number of nitrogens with zero attached hydrogens (tertiary/aromatic N) is 2. The van der Waals surface area contributed by atoms with Crippen molar-refractivity contribution in [1.82, 2.24) is 9.29 Å². The molecule has 0 radical (unpaired) electrons. The summed E-state index contributed by atoms with van der Waals surface area (Å²) in [7, 11) is -3.59. The highest BCUT2D eigenvalue weighted by molar-refractivity contribution is 7.89. The number of hydrogen-bond donors (Lipinski definition) is 0. The SMILES string of the molecule is O=S(=O)(c1ccccc1)N1CCc2ccccc2C1c1ccncc1. The number of pyridine rings is 1. The van der Waals surface area contributed by atoms with E-state index in [0.717, 1.165) is 11.1 Å². The molecule has 1 aliphatic heterocycles. The summed E-state index contributed by atoms with van der Waals surface area (Å²) in [4.78, 5) is 4.40. The monoisotopic (exact) mass is 350 g/mol. The summed E-state index contributed by atoms with van der Waals surface area (Å²) in [6.07, 6.45) is 4.13. The number of benzene rings is 2. The molecule has 0 spiro atoms. The quantitative estimate of drug-likeness (QED) is 0.727. The normalized spacial score (nSPS) is 17.8. The van der Waals surface area contributed by atoms with Crippen LogP contribution in [0.2, 0.25) is 0 Å². The van der Waals surface area contributed by atoms with Crippen molar-refractivity contribution in [2.24, 2.45) is 0 Å². The molecule has 0 aliphatic carbocycles. The molecule has 1 unspecified atom stereocenters. The zero-order valence-corrected chi connectivity index (χ0v) is 14.4. The Labute approximate surface area is 147 Å². The Kier molecular flexibility index (Phi) is 4.11. The molecule has 2 aromatic carbocycles. The van der Waals surface area contributed by atoms with Crippen LogP contribution in [-0.2, 0) is 16.4 Å². The largest absolute Gasteiger partial charge is 0.265 e. The number of hydrogen-bond acceptors (Lipinski definition) is 3. The minimum atomic E-state index is -3.59. The predicted molar refractivity (Wildman–Crippen MR) is 96.6 cm³/mol. The number of fused-ring (bicyclic) bond motifs is 1. The van der Waals surface area contributed by atoms with Crippen LogP contribution in [0.25, 0.3) is 0 Å². The molecule has 5 heteroatoms. The summed E-state index contributed by atoms with van der Waals surface area (Å²) in [6.45, 7) is 0.460. The van der Waals surface area contributed by atoms with Crippen molar-refractivity contribution in [3.05, 3.63) is 95.8 Å². The Bertz CT molecular complexity index is 973. The maximum Gasteiger partial charge on any atom is 0.243 e. The van der Waals surface area contributed by atoms with Crippen LogP contribution < -0.4 is 0 Å². The molecule has 4 rings (SSSR count). The minimum absolute atomic E-state index is 0.327. The number of aromatic nitrogens is 1. The first-order valence-electron chi connectivity index (χ1n) is 8.22. The van der Waals surface area contributed by atoms with E-state index in [4.69, 9.17) is 0 Å². The molecule has 0 N–H and O–H groups in total. The van der Waals surface area contributed by atoms with E-state index < -0.39 is 10.0 Å². The number of rotatable bonds is 3. The van der Waals surface area contributed by atoms with Crippen molar-refractivity contribution >= 4 is 10.0 Å². The van der Waals surface area contributed by atoms with Crippen LogP contribution in [0.4, 0.5) is 0 Å². The fourth-order valence-corrected chi connectivity index (χ4v) is 5.04. The Morgan fingerprint density at radius 1 is 0.880 bits per heavy atom. The highest BCUT2D eigenvalue weighted by atomic mass is 32.2. The van der Waals surface area contributed by atoms with Crippen LogP contribution in [0.15, 0.2) is 84.0 Å². The van der Waals surface area contributed by atoms with Crippen molar-refractivity contribution in [1.29, 1.82) is 0 Å². The van der Waals surface area contributed by atoms with Gasteiger partial charge < -0.3 is 0 Å². The van der Waals surface area contributed by atoms with Gasteiger partial charge in [-0.25, -0.2) is 8.42 Å². The molecule has 0 saturated carbocycles. The number of sulfonamides is 1. The molecule has 0 bridgehead atoms. The van der Waals surface area contributed by atoms with Crippen LogP contribution >= 0.6 is 0 Å². The van der Waals surface area contributed by atoms with E-state index in [1.54, 1.807) is 41.0 Å². The van der Waals surface area contributed by atoms with E-state index in [9.17, 15) is 8.42 Å². The first-order chi connectivity index (χ1) is 12.2.